The number of nitrogens with zero attached hydrogens (tertiary/aromatic N) is 1. The van der Waals surface area contributed by atoms with Gasteiger partial charge in [0.25, 0.3) is 0 Å². The molecule has 3 rings (SSSR count). The molecule has 0 saturated heterocycles. The van der Waals surface area contributed by atoms with Crippen molar-refractivity contribution in [3.8, 4) is 0 Å². The van der Waals surface area contributed by atoms with Crippen molar-refractivity contribution in [1.82, 2.24) is 4.57 Å². The summed E-state index contributed by atoms with van der Waals surface area (Å²) < 4.78 is 28.8. The van der Waals surface area contributed by atoms with Crippen LogP contribution in [0.25, 0.3) is 10.9 Å². The number of aromatic nitrogens is 1. The highest BCUT2D eigenvalue weighted by molar-refractivity contribution is 9.10. The van der Waals surface area contributed by atoms with Gasteiger partial charge in [0.2, 0.25) is 10.0 Å². The lowest BCUT2D eigenvalue weighted by atomic mass is 9.87. The third-order valence-electron chi connectivity index (χ3n) is 4.76. The molecule has 0 fully saturated rings. The number of sulfonamides is 1. The van der Waals surface area contributed by atoms with Crippen LogP contribution in [0.5, 0.6) is 0 Å². The van der Waals surface area contributed by atoms with E-state index >= 15 is 0 Å². The molecule has 1 aromatic heterocycles. The van der Waals surface area contributed by atoms with Crippen LogP contribution in [-0.2, 0) is 15.6 Å². The molecule has 5 nitrogen and oxygen atoms in total. The van der Waals surface area contributed by atoms with Crippen LogP contribution >= 0.6 is 27.5 Å². The van der Waals surface area contributed by atoms with Crippen LogP contribution in [0, 0.1) is 0 Å². The molecule has 0 saturated carbocycles. The molecule has 1 heterocycles. The molecule has 1 unspecified atom stereocenters. The third-order valence-corrected chi connectivity index (χ3v) is 6.06. The largest absolute Gasteiger partial charge is 0.394 e. The molecule has 8 heteroatoms. The summed E-state index contributed by atoms with van der Waals surface area (Å²) in [5, 5.41) is 11.8. The van der Waals surface area contributed by atoms with Crippen LogP contribution in [-0.4, -0.2) is 31.0 Å². The van der Waals surface area contributed by atoms with Gasteiger partial charge in [0, 0.05) is 21.1 Å². The van der Waals surface area contributed by atoms with Crippen molar-refractivity contribution in [1.29, 1.82) is 0 Å². The first kappa shape index (κ1) is 20.2. The van der Waals surface area contributed by atoms with Gasteiger partial charge >= 0.3 is 0 Å². The maximum Gasteiger partial charge on any atom is 0.229 e. The van der Waals surface area contributed by atoms with Crippen LogP contribution in [0.1, 0.15) is 18.9 Å². The van der Waals surface area contributed by atoms with E-state index in [9.17, 15) is 13.5 Å². The summed E-state index contributed by atoms with van der Waals surface area (Å²) in [5.41, 5.74) is 1.52. The van der Waals surface area contributed by atoms with Crippen molar-refractivity contribution in [2.45, 2.75) is 18.9 Å². The van der Waals surface area contributed by atoms with E-state index in [1.807, 2.05) is 42.0 Å². The Balaban J connectivity index is 2.27. The Morgan fingerprint density at radius 2 is 1.89 bits per heavy atom. The second-order valence-electron chi connectivity index (χ2n) is 6.50. The number of aliphatic hydroxyl groups is 1. The smallest absolute Gasteiger partial charge is 0.229 e. The van der Waals surface area contributed by atoms with Gasteiger partial charge in [-0.2, -0.15) is 0 Å². The standard InChI is InChI=1S/C19H20BrClN2O3S/c1-3-19(12-24,13-4-6-15(21)7-5-13)23-9-8-16-17(22-27(2,25)26)10-14(20)11-18(16)23/h4-11,22,24H,3,12H2,1-2H3. The van der Waals surface area contributed by atoms with E-state index in [1.54, 1.807) is 18.2 Å². The van der Waals surface area contributed by atoms with Crippen LogP contribution in [0.2, 0.25) is 5.02 Å². The average Bonchev–Trinajstić information content (AvgIpc) is 3.01. The Bertz CT molecular complexity index is 1070. The zero-order valence-corrected chi connectivity index (χ0v) is 18.1. The molecule has 0 spiro atoms. The van der Waals surface area contributed by atoms with Crippen LogP contribution in [0.4, 0.5) is 5.69 Å². The number of aliphatic hydroxyl groups excluding tert-OH is 1. The van der Waals surface area contributed by atoms with E-state index in [0.717, 1.165) is 27.2 Å². The Labute approximate surface area is 172 Å². The number of hydrogen-bond donors (Lipinski definition) is 2. The molecule has 0 bridgehead atoms. The number of nitrogens with one attached hydrogen (secondary N) is 1. The lowest BCUT2D eigenvalue weighted by Crippen LogP contribution is -2.37. The van der Waals surface area contributed by atoms with Gasteiger partial charge < -0.3 is 9.67 Å². The Kier molecular flexibility index (Phi) is 5.59. The summed E-state index contributed by atoms with van der Waals surface area (Å²) in [7, 11) is -3.42. The van der Waals surface area contributed by atoms with Gasteiger partial charge in [-0.1, -0.05) is 46.6 Å². The van der Waals surface area contributed by atoms with E-state index in [1.165, 1.54) is 0 Å². The molecule has 0 radical (unpaired) electrons. The van der Waals surface area contributed by atoms with Gasteiger partial charge in [-0.3, -0.25) is 4.72 Å². The summed E-state index contributed by atoms with van der Waals surface area (Å²) in [6.07, 6.45) is 3.63. The number of rotatable bonds is 6. The highest BCUT2D eigenvalue weighted by Crippen LogP contribution is 2.37. The molecule has 0 aliphatic carbocycles. The first-order valence-corrected chi connectivity index (χ1v) is 11.4. The minimum absolute atomic E-state index is 0.115. The highest BCUT2D eigenvalue weighted by atomic mass is 79.9. The molecule has 1 atom stereocenters. The lowest BCUT2D eigenvalue weighted by Gasteiger charge is -2.34. The molecule has 2 N–H and O–H groups in total. The number of halogens is 2. The van der Waals surface area contributed by atoms with E-state index < -0.39 is 15.6 Å². The predicted molar refractivity (Wildman–Crippen MR) is 114 cm³/mol. The van der Waals surface area contributed by atoms with Gasteiger partial charge in [-0.25, -0.2) is 8.42 Å². The predicted octanol–water partition coefficient (Wildman–Crippen LogP) is 4.57. The molecule has 0 aliphatic heterocycles. The van der Waals surface area contributed by atoms with Crippen LogP contribution in [0.15, 0.2) is 53.1 Å². The average molecular weight is 472 g/mol. The fourth-order valence-corrected chi connectivity index (χ4v) is 4.56. The molecule has 27 heavy (non-hydrogen) atoms. The van der Waals surface area contributed by atoms with Crippen molar-refractivity contribution in [2.75, 3.05) is 17.6 Å². The van der Waals surface area contributed by atoms with Crippen molar-refractivity contribution in [3.05, 3.63) is 63.7 Å². The van der Waals surface area contributed by atoms with E-state index in [-0.39, 0.29) is 6.61 Å². The normalized spacial score (nSPS) is 14.3. The monoisotopic (exact) mass is 470 g/mol. The lowest BCUT2D eigenvalue weighted by molar-refractivity contribution is 0.165. The van der Waals surface area contributed by atoms with Crippen molar-refractivity contribution < 1.29 is 13.5 Å². The molecule has 3 aromatic rings. The molecule has 0 aliphatic rings. The first-order chi connectivity index (χ1) is 12.7. The molecule has 0 amide bonds. The fraction of sp³-hybridized carbons (Fsp3) is 0.263. The van der Waals surface area contributed by atoms with E-state index in [4.69, 9.17) is 11.6 Å². The molecular weight excluding hydrogens is 452 g/mol. The highest BCUT2D eigenvalue weighted by Gasteiger charge is 2.33. The Morgan fingerprint density at radius 3 is 2.44 bits per heavy atom. The van der Waals surface area contributed by atoms with Crippen molar-refractivity contribution in [3.63, 3.8) is 0 Å². The molecule has 144 valence electrons. The summed E-state index contributed by atoms with van der Waals surface area (Å²) in [4.78, 5) is 0. The van der Waals surface area contributed by atoms with Crippen molar-refractivity contribution in [2.24, 2.45) is 0 Å². The van der Waals surface area contributed by atoms with Gasteiger partial charge in [-0.15, -0.1) is 0 Å². The number of benzene rings is 2. The third kappa shape index (κ3) is 3.87. The SMILES string of the molecule is CCC(CO)(c1ccc(Cl)cc1)n1ccc2c(NS(C)(=O)=O)cc(Br)cc21. The maximum atomic E-state index is 11.7. The summed E-state index contributed by atoms with van der Waals surface area (Å²) >= 11 is 9.49. The number of fused-ring (bicyclic) bond motifs is 1. The summed E-state index contributed by atoms with van der Waals surface area (Å²) in [6, 6.07) is 12.9. The fourth-order valence-electron chi connectivity index (χ4n) is 3.42. The van der Waals surface area contributed by atoms with Gasteiger partial charge in [0.05, 0.1) is 29.6 Å². The maximum absolute atomic E-state index is 11.7. The first-order valence-electron chi connectivity index (χ1n) is 8.36. The van der Waals surface area contributed by atoms with E-state index in [0.29, 0.717) is 17.1 Å². The number of anilines is 1. The Hall–Kier alpha value is -1.54. The Morgan fingerprint density at radius 1 is 1.22 bits per heavy atom. The van der Waals surface area contributed by atoms with Crippen molar-refractivity contribution >= 4 is 54.1 Å². The zero-order valence-electron chi connectivity index (χ0n) is 14.9. The molecular formula is C19H20BrClN2O3S. The van der Waals surface area contributed by atoms with Gasteiger partial charge in [0.1, 0.15) is 0 Å². The van der Waals surface area contributed by atoms with Gasteiger partial charge in [0.15, 0.2) is 0 Å². The minimum Gasteiger partial charge on any atom is -0.394 e. The summed E-state index contributed by atoms with van der Waals surface area (Å²) in [6.45, 7) is 1.89. The quantitative estimate of drug-likeness (QED) is 0.553. The zero-order chi connectivity index (χ0) is 19.8. The summed E-state index contributed by atoms with van der Waals surface area (Å²) in [5.74, 6) is 0. The van der Waals surface area contributed by atoms with E-state index in [2.05, 4.69) is 20.7 Å². The van der Waals surface area contributed by atoms with Crippen LogP contribution in [0.3, 0.4) is 0 Å². The second kappa shape index (κ2) is 7.47. The van der Waals surface area contributed by atoms with Gasteiger partial charge in [-0.05, 0) is 42.3 Å². The topological polar surface area (TPSA) is 71.3 Å². The number of hydrogen-bond acceptors (Lipinski definition) is 3. The second-order valence-corrected chi connectivity index (χ2v) is 9.60. The van der Waals surface area contributed by atoms with Crippen LogP contribution < -0.4 is 4.72 Å². The minimum atomic E-state index is -3.42. The molecule has 2 aromatic carbocycles.